The highest BCUT2D eigenvalue weighted by Crippen LogP contribution is 2.41. The third-order valence-electron chi connectivity index (χ3n) is 7.71. The summed E-state index contributed by atoms with van der Waals surface area (Å²) in [6.45, 7) is 5.50. The van der Waals surface area contributed by atoms with Crippen LogP contribution in [0.25, 0.3) is 0 Å². The molecule has 0 aliphatic carbocycles. The quantitative estimate of drug-likeness (QED) is 0.442. The first-order valence-corrected chi connectivity index (χ1v) is 12.8. The van der Waals surface area contributed by atoms with E-state index < -0.39 is 5.60 Å². The summed E-state index contributed by atoms with van der Waals surface area (Å²) in [5, 5.41) is 0. The Morgan fingerprint density at radius 3 is 2.28 bits per heavy atom. The molecule has 0 unspecified atom stereocenters. The molecule has 1 spiro atoms. The highest BCUT2D eigenvalue weighted by atomic mass is 16.5. The van der Waals surface area contributed by atoms with Crippen LogP contribution in [0.3, 0.4) is 0 Å². The Morgan fingerprint density at radius 2 is 1.61 bits per heavy atom. The number of carbonyl (C=O) groups is 4. The molecule has 1 saturated heterocycles. The maximum Gasteiger partial charge on any atom is 0.261 e. The summed E-state index contributed by atoms with van der Waals surface area (Å²) in [6, 6.07) is 10.9. The van der Waals surface area contributed by atoms with Crippen molar-refractivity contribution in [2.24, 2.45) is 0 Å². The van der Waals surface area contributed by atoms with Crippen LogP contribution in [-0.4, -0.2) is 58.5 Å². The van der Waals surface area contributed by atoms with Crippen molar-refractivity contribution in [2.75, 3.05) is 19.6 Å². The molecule has 36 heavy (non-hydrogen) atoms. The number of ether oxygens (including phenoxy) is 1. The molecule has 0 aromatic heterocycles. The number of fused-ring (bicyclic) bond motifs is 2. The highest BCUT2D eigenvalue weighted by molar-refractivity contribution is 6.21. The van der Waals surface area contributed by atoms with Gasteiger partial charge in [-0.3, -0.25) is 24.1 Å². The van der Waals surface area contributed by atoms with E-state index in [4.69, 9.17) is 4.74 Å². The van der Waals surface area contributed by atoms with Crippen LogP contribution < -0.4 is 4.74 Å². The average molecular weight is 489 g/mol. The number of rotatable bonds is 6. The Hall–Kier alpha value is -3.48. The lowest BCUT2D eigenvalue weighted by Gasteiger charge is -2.44. The Kier molecular flexibility index (Phi) is 6.41. The SMILES string of the molecule is Cc1cc(C)c2c(c1)OC1(CCN(C(=O)CCCCCN3C(=O)c4ccccc4C3=O)CC1)CC2=O. The van der Waals surface area contributed by atoms with Gasteiger partial charge in [0.1, 0.15) is 11.4 Å². The molecule has 7 nitrogen and oxygen atoms in total. The van der Waals surface area contributed by atoms with Gasteiger partial charge in [-0.05, 0) is 56.0 Å². The van der Waals surface area contributed by atoms with Gasteiger partial charge in [-0.25, -0.2) is 0 Å². The fraction of sp³-hybridized carbons (Fsp3) is 0.448. The number of nitrogens with zero attached hydrogens (tertiary/aromatic N) is 2. The van der Waals surface area contributed by atoms with Crippen molar-refractivity contribution in [3.63, 3.8) is 0 Å². The number of ketones is 1. The molecular weight excluding hydrogens is 456 g/mol. The third-order valence-corrected chi connectivity index (χ3v) is 7.71. The summed E-state index contributed by atoms with van der Waals surface area (Å²) < 4.78 is 6.40. The molecule has 0 bridgehead atoms. The van der Waals surface area contributed by atoms with Gasteiger partial charge in [-0.2, -0.15) is 0 Å². The summed E-state index contributed by atoms with van der Waals surface area (Å²) in [7, 11) is 0. The van der Waals surface area contributed by atoms with Crippen molar-refractivity contribution < 1.29 is 23.9 Å². The second-order valence-corrected chi connectivity index (χ2v) is 10.3. The zero-order valence-electron chi connectivity index (χ0n) is 21.0. The smallest absolute Gasteiger partial charge is 0.261 e. The van der Waals surface area contributed by atoms with Crippen molar-refractivity contribution in [1.29, 1.82) is 0 Å². The molecule has 1 fully saturated rings. The summed E-state index contributed by atoms with van der Waals surface area (Å²) in [5.74, 6) is 0.462. The number of Topliss-reactive ketones (excluding diaryl/α,β-unsaturated/α-hetero) is 1. The summed E-state index contributed by atoms with van der Waals surface area (Å²) in [4.78, 5) is 53.8. The first-order chi connectivity index (χ1) is 17.3. The van der Waals surface area contributed by atoms with E-state index in [0.29, 0.717) is 80.6 Å². The number of unbranched alkanes of at least 4 members (excludes halogenated alkanes) is 2. The molecule has 2 aromatic carbocycles. The molecule has 7 heteroatoms. The first-order valence-electron chi connectivity index (χ1n) is 12.8. The summed E-state index contributed by atoms with van der Waals surface area (Å²) in [5.41, 5.74) is 3.15. The van der Waals surface area contributed by atoms with E-state index in [1.807, 2.05) is 30.9 Å². The Morgan fingerprint density at radius 1 is 0.944 bits per heavy atom. The predicted octanol–water partition coefficient (Wildman–Crippen LogP) is 4.49. The molecule has 3 heterocycles. The van der Waals surface area contributed by atoms with Crippen LogP contribution in [-0.2, 0) is 4.79 Å². The molecule has 2 aromatic rings. The van der Waals surface area contributed by atoms with Crippen molar-refractivity contribution >= 4 is 23.5 Å². The lowest BCUT2D eigenvalue weighted by Crippen LogP contribution is -2.52. The second-order valence-electron chi connectivity index (χ2n) is 10.3. The topological polar surface area (TPSA) is 84.0 Å². The first kappa shape index (κ1) is 24.2. The minimum atomic E-state index is -0.520. The van der Waals surface area contributed by atoms with E-state index >= 15 is 0 Å². The summed E-state index contributed by atoms with van der Waals surface area (Å²) in [6.07, 6.45) is 4.26. The van der Waals surface area contributed by atoms with Crippen LogP contribution in [0.4, 0.5) is 0 Å². The van der Waals surface area contributed by atoms with Gasteiger partial charge in [-0.15, -0.1) is 0 Å². The minimum Gasteiger partial charge on any atom is -0.486 e. The van der Waals surface area contributed by atoms with Crippen molar-refractivity contribution in [1.82, 2.24) is 9.80 Å². The molecule has 3 aliphatic heterocycles. The standard InChI is InChI=1S/C29H32N2O5/c1-19-16-20(2)26-23(32)18-29(36-24(26)17-19)11-14-30(15-12-29)25(33)10-4-3-7-13-31-27(34)21-8-5-6-9-22(21)28(31)35/h5-6,8-9,16-17H,3-4,7,10-15,18H2,1-2H3. The van der Waals surface area contributed by atoms with E-state index in [1.165, 1.54) is 4.90 Å². The lowest BCUT2D eigenvalue weighted by molar-refractivity contribution is -0.134. The number of hydrogen-bond acceptors (Lipinski definition) is 5. The Bertz CT molecular complexity index is 1210. The lowest BCUT2D eigenvalue weighted by atomic mass is 9.81. The molecule has 0 saturated carbocycles. The van der Waals surface area contributed by atoms with Crippen LogP contribution in [0.1, 0.15) is 87.1 Å². The normalized spacial score (nSPS) is 18.3. The number of carbonyl (C=O) groups excluding carboxylic acids is 4. The zero-order valence-corrected chi connectivity index (χ0v) is 21.0. The number of amides is 3. The van der Waals surface area contributed by atoms with E-state index in [9.17, 15) is 19.2 Å². The second kappa shape index (κ2) is 9.52. The number of piperidine rings is 1. The van der Waals surface area contributed by atoms with Gasteiger partial charge in [-0.1, -0.05) is 24.6 Å². The van der Waals surface area contributed by atoms with Gasteiger partial charge in [0.05, 0.1) is 23.1 Å². The van der Waals surface area contributed by atoms with E-state index in [2.05, 4.69) is 0 Å². The monoisotopic (exact) mass is 488 g/mol. The largest absolute Gasteiger partial charge is 0.486 e. The van der Waals surface area contributed by atoms with Crippen molar-refractivity contribution in [2.45, 2.75) is 64.4 Å². The van der Waals surface area contributed by atoms with Gasteiger partial charge in [0.15, 0.2) is 5.78 Å². The van der Waals surface area contributed by atoms with Crippen LogP contribution in [0.15, 0.2) is 36.4 Å². The van der Waals surface area contributed by atoms with Gasteiger partial charge in [0.25, 0.3) is 11.8 Å². The van der Waals surface area contributed by atoms with E-state index in [1.54, 1.807) is 24.3 Å². The van der Waals surface area contributed by atoms with Gasteiger partial charge in [0, 0.05) is 38.9 Å². The van der Waals surface area contributed by atoms with E-state index in [-0.39, 0.29) is 23.5 Å². The van der Waals surface area contributed by atoms with Gasteiger partial charge in [0.2, 0.25) is 5.91 Å². The maximum atomic E-state index is 12.9. The maximum absolute atomic E-state index is 12.9. The number of hydrogen-bond donors (Lipinski definition) is 0. The molecule has 5 rings (SSSR count). The fourth-order valence-electron chi connectivity index (χ4n) is 5.78. The molecule has 188 valence electrons. The molecule has 0 atom stereocenters. The molecule has 0 N–H and O–H groups in total. The minimum absolute atomic E-state index is 0.111. The van der Waals surface area contributed by atoms with Crippen LogP contribution >= 0.6 is 0 Å². The van der Waals surface area contributed by atoms with Crippen LogP contribution in [0.5, 0.6) is 5.75 Å². The average Bonchev–Trinajstić information content (AvgIpc) is 3.08. The Labute approximate surface area is 211 Å². The summed E-state index contributed by atoms with van der Waals surface area (Å²) >= 11 is 0. The molecule has 0 radical (unpaired) electrons. The zero-order chi connectivity index (χ0) is 25.4. The number of imide groups is 1. The predicted molar refractivity (Wildman–Crippen MR) is 134 cm³/mol. The third kappa shape index (κ3) is 4.43. The number of benzene rings is 2. The fourth-order valence-corrected chi connectivity index (χ4v) is 5.78. The molecule has 3 amide bonds. The van der Waals surface area contributed by atoms with Crippen LogP contribution in [0.2, 0.25) is 0 Å². The van der Waals surface area contributed by atoms with Gasteiger partial charge >= 0.3 is 0 Å². The van der Waals surface area contributed by atoms with E-state index in [0.717, 1.165) is 17.5 Å². The van der Waals surface area contributed by atoms with Gasteiger partial charge < -0.3 is 9.64 Å². The molecular formula is C29H32N2O5. The van der Waals surface area contributed by atoms with Crippen molar-refractivity contribution in [3.8, 4) is 5.75 Å². The highest BCUT2D eigenvalue weighted by Gasteiger charge is 2.44. The number of aryl methyl sites for hydroxylation is 2. The van der Waals surface area contributed by atoms with Crippen molar-refractivity contribution in [3.05, 3.63) is 64.2 Å². The Balaban J connectivity index is 1.07. The number of likely N-dealkylation sites (tertiary alicyclic amines) is 1. The van der Waals surface area contributed by atoms with Crippen LogP contribution in [0, 0.1) is 13.8 Å². The molecule has 3 aliphatic rings.